The number of hydrogen-bond donors (Lipinski definition) is 0. The summed E-state index contributed by atoms with van der Waals surface area (Å²) < 4.78 is 0. The van der Waals surface area contributed by atoms with Crippen molar-refractivity contribution >= 4 is 31.9 Å². The van der Waals surface area contributed by atoms with Crippen LogP contribution in [0.25, 0.3) is 0 Å². The molecule has 0 spiro atoms. The summed E-state index contributed by atoms with van der Waals surface area (Å²) in [6, 6.07) is 5.10. The van der Waals surface area contributed by atoms with Crippen LogP contribution in [0.15, 0.2) is 0 Å². The molecule has 4 heteroatoms. The highest BCUT2D eigenvalue weighted by Gasteiger charge is 2.58. The molecular weight excluding hydrogens is 740 g/mol. The van der Waals surface area contributed by atoms with Crippen molar-refractivity contribution in [3.05, 3.63) is 0 Å². The molecule has 0 saturated heterocycles. The van der Waals surface area contributed by atoms with Gasteiger partial charge in [0.15, 0.2) is 0 Å². The summed E-state index contributed by atoms with van der Waals surface area (Å²) in [4.78, 5) is 8.37. The number of halogens is 2. The van der Waals surface area contributed by atoms with Gasteiger partial charge in [0.05, 0.1) is 0 Å². The third-order valence-electron chi connectivity index (χ3n) is 17.0. The zero-order valence-corrected chi connectivity index (χ0v) is 36.9. The second kappa shape index (κ2) is 16.5. The molecule has 4 unspecified atom stereocenters. The summed E-state index contributed by atoms with van der Waals surface area (Å²) in [6.07, 6.45) is 35.3. The lowest BCUT2D eigenvalue weighted by atomic mass is 9.53. The monoisotopic (exact) mass is 818 g/mol. The minimum absolute atomic E-state index is 0.467. The van der Waals surface area contributed by atoms with Crippen molar-refractivity contribution in [2.45, 2.75) is 242 Å². The predicted molar refractivity (Wildman–Crippen MR) is 222 cm³/mol. The smallest absolute Gasteiger partial charge is 0.0164 e. The first kappa shape index (κ1) is 39.1. The van der Waals surface area contributed by atoms with Gasteiger partial charge in [-0.15, -0.1) is 0 Å². The first-order chi connectivity index (χ1) is 23.9. The molecule has 0 N–H and O–H groups in total. The molecule has 0 aromatic heterocycles. The van der Waals surface area contributed by atoms with Crippen molar-refractivity contribution in [2.75, 3.05) is 0 Å². The van der Waals surface area contributed by atoms with E-state index in [9.17, 15) is 0 Å². The molecule has 0 aliphatic heterocycles. The van der Waals surface area contributed by atoms with Gasteiger partial charge in [-0.05, 0) is 175 Å². The standard InChI is InChI=1S/C46H80Br2N2/c1-45(2,3)31-15-23-35(24-16-31)49(37-27-19-33(47)20-28-37)43-39-11-7-9-13-41(39)44(42-14-10-8-12-40(42)43)50(38-29-21-34(48)22-30-38)36-25-17-32(18-26-36)46(4,5)6/h31-44H,7-30H2,1-6H3. The van der Waals surface area contributed by atoms with E-state index in [-0.39, 0.29) is 0 Å². The molecule has 0 amide bonds. The molecule has 4 atom stereocenters. The molecule has 0 aromatic carbocycles. The molecule has 2 nitrogen and oxygen atoms in total. The van der Waals surface area contributed by atoms with Crippen molar-refractivity contribution in [3.63, 3.8) is 0 Å². The van der Waals surface area contributed by atoms with Crippen molar-refractivity contribution in [1.82, 2.24) is 9.80 Å². The van der Waals surface area contributed by atoms with E-state index in [4.69, 9.17) is 0 Å². The normalized spacial score (nSPS) is 45.2. The molecule has 7 saturated carbocycles. The van der Waals surface area contributed by atoms with Crippen LogP contribution in [0.2, 0.25) is 0 Å². The Balaban J connectivity index is 1.23. The van der Waals surface area contributed by atoms with E-state index < -0.39 is 0 Å². The van der Waals surface area contributed by atoms with Gasteiger partial charge in [-0.25, -0.2) is 0 Å². The molecular formula is C46H80Br2N2. The fraction of sp³-hybridized carbons (Fsp3) is 1.00. The molecule has 7 aliphatic rings. The summed E-state index contributed by atoms with van der Waals surface area (Å²) in [5, 5.41) is 0. The minimum Gasteiger partial charge on any atom is -0.294 e. The summed E-state index contributed by atoms with van der Waals surface area (Å²) in [5.41, 5.74) is 0.933. The molecule has 288 valence electrons. The maximum Gasteiger partial charge on any atom is 0.0164 e. The SMILES string of the molecule is CC(C)(C)C1CCC(N(C2CCC(Br)CC2)C2C3CCCCC3C(N(C3CCC(Br)CC3)C3CCC(C(C)(C)C)CC3)C3CCCCC32)CC1. The lowest BCUT2D eigenvalue weighted by Gasteiger charge is -2.64. The van der Waals surface area contributed by atoms with Gasteiger partial charge in [-0.3, -0.25) is 9.80 Å². The lowest BCUT2D eigenvalue weighted by Crippen LogP contribution is -2.69. The van der Waals surface area contributed by atoms with Crippen LogP contribution < -0.4 is 0 Å². The van der Waals surface area contributed by atoms with Crippen LogP contribution in [-0.4, -0.2) is 55.7 Å². The van der Waals surface area contributed by atoms with Crippen LogP contribution in [0.3, 0.4) is 0 Å². The Labute approximate surface area is 327 Å². The van der Waals surface area contributed by atoms with Crippen LogP contribution in [-0.2, 0) is 0 Å². The number of alkyl halides is 2. The lowest BCUT2D eigenvalue weighted by molar-refractivity contribution is -0.149. The Kier molecular flexibility index (Phi) is 12.9. The largest absolute Gasteiger partial charge is 0.294 e. The zero-order chi connectivity index (χ0) is 35.2. The van der Waals surface area contributed by atoms with Crippen molar-refractivity contribution < 1.29 is 0 Å². The number of nitrogens with zero attached hydrogens (tertiary/aromatic N) is 2. The molecule has 0 heterocycles. The van der Waals surface area contributed by atoms with Gasteiger partial charge in [0.1, 0.15) is 0 Å². The van der Waals surface area contributed by atoms with Gasteiger partial charge in [0, 0.05) is 45.9 Å². The topological polar surface area (TPSA) is 6.48 Å². The zero-order valence-electron chi connectivity index (χ0n) is 33.7. The van der Waals surface area contributed by atoms with Gasteiger partial charge in [0.2, 0.25) is 0 Å². The highest BCUT2D eigenvalue weighted by Crippen LogP contribution is 2.57. The molecule has 0 bridgehead atoms. The summed E-state index contributed by atoms with van der Waals surface area (Å²) in [6.45, 7) is 15.2. The Morgan fingerprint density at radius 1 is 0.340 bits per heavy atom. The first-order valence-electron chi connectivity index (χ1n) is 22.7. The highest BCUT2D eigenvalue weighted by molar-refractivity contribution is 9.09. The molecule has 7 fully saturated rings. The second-order valence-electron chi connectivity index (χ2n) is 21.7. The third-order valence-corrected chi connectivity index (χ3v) is 18.8. The second-order valence-corrected chi connectivity index (χ2v) is 24.2. The quantitative estimate of drug-likeness (QED) is 0.246. The molecule has 7 aliphatic carbocycles. The van der Waals surface area contributed by atoms with E-state index in [1.165, 1.54) is 154 Å². The van der Waals surface area contributed by atoms with E-state index in [1.807, 2.05) is 0 Å². The Morgan fingerprint density at radius 2 is 0.580 bits per heavy atom. The van der Waals surface area contributed by atoms with E-state index in [2.05, 4.69) is 83.2 Å². The maximum atomic E-state index is 4.09. The first-order valence-corrected chi connectivity index (χ1v) is 24.6. The maximum absolute atomic E-state index is 4.09. The van der Waals surface area contributed by atoms with Crippen molar-refractivity contribution in [3.8, 4) is 0 Å². The number of hydrogen-bond acceptors (Lipinski definition) is 2. The van der Waals surface area contributed by atoms with Gasteiger partial charge in [0.25, 0.3) is 0 Å². The fourth-order valence-corrected chi connectivity index (χ4v) is 15.4. The van der Waals surface area contributed by atoms with E-state index in [0.717, 1.165) is 81.4 Å². The fourth-order valence-electron chi connectivity index (χ4n) is 14.3. The molecule has 0 radical (unpaired) electrons. The number of fused-ring (bicyclic) bond motifs is 2. The minimum atomic E-state index is 0.467. The van der Waals surface area contributed by atoms with Gasteiger partial charge in [-0.1, -0.05) is 99.1 Å². The Bertz CT molecular complexity index is 939. The van der Waals surface area contributed by atoms with Crippen LogP contribution in [0.5, 0.6) is 0 Å². The van der Waals surface area contributed by atoms with Crippen LogP contribution >= 0.6 is 31.9 Å². The van der Waals surface area contributed by atoms with E-state index >= 15 is 0 Å². The average Bonchev–Trinajstić information content (AvgIpc) is 3.10. The summed E-state index contributed by atoms with van der Waals surface area (Å²) in [5.74, 6) is 5.59. The Hall–Kier alpha value is 0.880. The van der Waals surface area contributed by atoms with Crippen molar-refractivity contribution in [2.24, 2.45) is 46.3 Å². The average molecular weight is 821 g/mol. The third kappa shape index (κ3) is 8.49. The number of rotatable bonds is 6. The Morgan fingerprint density at radius 3 is 0.820 bits per heavy atom. The van der Waals surface area contributed by atoms with Crippen LogP contribution in [0.4, 0.5) is 0 Å². The summed E-state index contributed by atoms with van der Waals surface area (Å²) >= 11 is 8.18. The summed E-state index contributed by atoms with van der Waals surface area (Å²) in [7, 11) is 0. The highest BCUT2D eigenvalue weighted by atomic mass is 79.9. The predicted octanol–water partition coefficient (Wildman–Crippen LogP) is 13.6. The van der Waals surface area contributed by atoms with Gasteiger partial charge < -0.3 is 0 Å². The van der Waals surface area contributed by atoms with Gasteiger partial charge >= 0.3 is 0 Å². The van der Waals surface area contributed by atoms with E-state index in [0.29, 0.717) is 10.8 Å². The molecule has 0 aromatic rings. The molecule has 7 rings (SSSR count). The van der Waals surface area contributed by atoms with Crippen molar-refractivity contribution in [1.29, 1.82) is 0 Å². The van der Waals surface area contributed by atoms with Crippen LogP contribution in [0, 0.1) is 46.3 Å². The van der Waals surface area contributed by atoms with E-state index in [1.54, 1.807) is 0 Å². The van der Waals surface area contributed by atoms with Gasteiger partial charge in [-0.2, -0.15) is 0 Å². The molecule has 50 heavy (non-hydrogen) atoms. The van der Waals surface area contributed by atoms with Crippen LogP contribution in [0.1, 0.15) is 196 Å².